The lowest BCUT2D eigenvalue weighted by Crippen LogP contribution is -1.94. The second-order valence-electron chi connectivity index (χ2n) is 10.6. The van der Waals surface area contributed by atoms with Gasteiger partial charge in [0.25, 0.3) is 0 Å². The number of hydrogen-bond acceptors (Lipinski definition) is 4. The number of rotatable bonds is 3. The molecule has 9 rings (SSSR count). The van der Waals surface area contributed by atoms with Gasteiger partial charge in [-0.05, 0) is 40.6 Å². The van der Waals surface area contributed by atoms with E-state index in [9.17, 15) is 0 Å². The van der Waals surface area contributed by atoms with Gasteiger partial charge in [-0.1, -0.05) is 109 Å². The van der Waals surface area contributed by atoms with Gasteiger partial charge < -0.3 is 4.42 Å². The van der Waals surface area contributed by atoms with Crippen LogP contribution in [0, 0.1) is 0 Å². The van der Waals surface area contributed by atoms with Crippen molar-refractivity contribution in [3.63, 3.8) is 0 Å². The van der Waals surface area contributed by atoms with Gasteiger partial charge in [-0.15, -0.1) is 11.3 Å². The summed E-state index contributed by atoms with van der Waals surface area (Å²) < 4.78 is 8.69. The van der Waals surface area contributed by atoms with Crippen LogP contribution in [-0.2, 0) is 0 Å². The highest BCUT2D eigenvalue weighted by molar-refractivity contribution is 7.26. The number of fused-ring (bicyclic) bond motifs is 7. The minimum absolute atomic E-state index is 0.716. The van der Waals surface area contributed by atoms with Gasteiger partial charge >= 0.3 is 0 Å². The van der Waals surface area contributed by atoms with E-state index in [1.807, 2.05) is 18.2 Å². The van der Waals surface area contributed by atoms with E-state index < -0.39 is 0 Å². The maximum absolute atomic E-state index is 6.36. The fourth-order valence-corrected chi connectivity index (χ4v) is 7.23. The molecule has 0 saturated carbocycles. The lowest BCUT2D eigenvalue weighted by atomic mass is 10.00. The SMILES string of the molecule is c1ccc(-c2nc(-c3cccc(-c4cccc5c4oc4ccccc45)c3)nc3c2sc2cc4ccccc4cc23)cc1. The minimum Gasteiger partial charge on any atom is -0.455 e. The topological polar surface area (TPSA) is 38.9 Å². The maximum Gasteiger partial charge on any atom is 0.160 e. The van der Waals surface area contributed by atoms with Crippen molar-refractivity contribution in [3.05, 3.63) is 133 Å². The number of hydrogen-bond donors (Lipinski definition) is 0. The standard InChI is InChI=1S/C38H22N2OS/c1-2-10-23(11-3-1)34-37-35(31-21-24-12-4-5-13-25(24)22-33(31)42-37)40-38(39-34)27-15-8-14-26(20-27)28-17-9-18-30-29-16-6-7-19-32(29)41-36(28)30/h1-22H. The fourth-order valence-electron chi connectivity index (χ4n) is 6.05. The monoisotopic (exact) mass is 554 g/mol. The van der Waals surface area contributed by atoms with Gasteiger partial charge in [0.2, 0.25) is 0 Å². The Balaban J connectivity index is 1.29. The zero-order valence-corrected chi connectivity index (χ0v) is 23.2. The van der Waals surface area contributed by atoms with Gasteiger partial charge in [-0.25, -0.2) is 9.97 Å². The molecule has 3 heterocycles. The molecular weight excluding hydrogens is 532 g/mol. The molecule has 3 aromatic heterocycles. The predicted octanol–water partition coefficient (Wildman–Crippen LogP) is 10.9. The van der Waals surface area contributed by atoms with Crippen LogP contribution in [0.15, 0.2) is 138 Å². The Bertz CT molecular complexity index is 2470. The van der Waals surface area contributed by atoms with Crippen LogP contribution in [0.1, 0.15) is 0 Å². The fraction of sp³-hybridized carbons (Fsp3) is 0. The summed E-state index contributed by atoms with van der Waals surface area (Å²) >= 11 is 1.77. The Kier molecular flexibility index (Phi) is 5.07. The number of furan rings is 1. The second-order valence-corrected chi connectivity index (χ2v) is 11.7. The zero-order valence-electron chi connectivity index (χ0n) is 22.4. The van der Waals surface area contributed by atoms with Crippen LogP contribution < -0.4 is 0 Å². The van der Waals surface area contributed by atoms with Crippen LogP contribution in [0.4, 0.5) is 0 Å². The first-order chi connectivity index (χ1) is 20.8. The molecule has 42 heavy (non-hydrogen) atoms. The molecule has 0 radical (unpaired) electrons. The van der Waals surface area contributed by atoms with Crippen molar-refractivity contribution in [3.8, 4) is 33.8 Å². The normalized spacial score (nSPS) is 11.8. The van der Waals surface area contributed by atoms with Crippen molar-refractivity contribution in [2.45, 2.75) is 0 Å². The molecule has 0 aliphatic heterocycles. The molecule has 0 saturated heterocycles. The summed E-state index contributed by atoms with van der Waals surface area (Å²) in [5.41, 5.74) is 7.94. The van der Waals surface area contributed by atoms with Crippen molar-refractivity contribution in [1.82, 2.24) is 9.97 Å². The Morgan fingerprint density at radius 1 is 0.524 bits per heavy atom. The van der Waals surface area contributed by atoms with E-state index in [4.69, 9.17) is 14.4 Å². The van der Waals surface area contributed by atoms with E-state index >= 15 is 0 Å². The molecule has 0 spiro atoms. The van der Waals surface area contributed by atoms with E-state index in [1.165, 1.54) is 15.5 Å². The van der Waals surface area contributed by atoms with Gasteiger partial charge in [0.05, 0.1) is 15.9 Å². The Morgan fingerprint density at radius 2 is 1.24 bits per heavy atom. The van der Waals surface area contributed by atoms with Gasteiger partial charge in [0.15, 0.2) is 5.82 Å². The van der Waals surface area contributed by atoms with Crippen LogP contribution in [0.2, 0.25) is 0 Å². The molecule has 0 fully saturated rings. The van der Waals surface area contributed by atoms with Gasteiger partial charge in [-0.3, -0.25) is 0 Å². The summed E-state index contributed by atoms with van der Waals surface area (Å²) in [5, 5.41) is 5.86. The van der Waals surface area contributed by atoms with Crippen molar-refractivity contribution >= 4 is 64.4 Å². The molecule has 4 heteroatoms. The van der Waals surface area contributed by atoms with Gasteiger partial charge in [-0.2, -0.15) is 0 Å². The third-order valence-corrected chi connectivity index (χ3v) is 9.21. The molecule has 0 aliphatic rings. The molecule has 0 amide bonds. The van der Waals surface area contributed by atoms with E-state index in [0.717, 1.165) is 65.5 Å². The summed E-state index contributed by atoms with van der Waals surface area (Å²) in [6, 6.07) is 46.6. The molecule has 0 unspecified atom stereocenters. The number of benzene rings is 6. The van der Waals surface area contributed by atoms with Crippen molar-refractivity contribution in [2.24, 2.45) is 0 Å². The first-order valence-electron chi connectivity index (χ1n) is 14.0. The van der Waals surface area contributed by atoms with E-state index in [1.54, 1.807) is 11.3 Å². The molecule has 9 aromatic rings. The summed E-state index contributed by atoms with van der Waals surface area (Å²) in [6.07, 6.45) is 0. The lowest BCUT2D eigenvalue weighted by Gasteiger charge is -2.09. The van der Waals surface area contributed by atoms with Gasteiger partial charge in [0, 0.05) is 37.5 Å². The molecule has 0 aliphatic carbocycles. The summed E-state index contributed by atoms with van der Waals surface area (Å²) in [4.78, 5) is 10.4. The quantitative estimate of drug-likeness (QED) is 0.218. The summed E-state index contributed by atoms with van der Waals surface area (Å²) in [7, 11) is 0. The Morgan fingerprint density at radius 3 is 2.14 bits per heavy atom. The first-order valence-corrected chi connectivity index (χ1v) is 14.8. The molecule has 0 bridgehead atoms. The van der Waals surface area contributed by atoms with Crippen LogP contribution in [-0.4, -0.2) is 9.97 Å². The molecular formula is C38H22N2OS. The highest BCUT2D eigenvalue weighted by Gasteiger charge is 2.18. The maximum atomic E-state index is 6.36. The summed E-state index contributed by atoms with van der Waals surface area (Å²) in [5.74, 6) is 0.716. The molecule has 6 aromatic carbocycles. The molecule has 0 atom stereocenters. The molecule has 0 N–H and O–H groups in total. The van der Waals surface area contributed by atoms with E-state index in [2.05, 4.69) is 115 Å². The Hall–Kier alpha value is -5.32. The van der Waals surface area contributed by atoms with Crippen molar-refractivity contribution in [1.29, 1.82) is 0 Å². The average molecular weight is 555 g/mol. The first kappa shape index (κ1) is 23.4. The third kappa shape index (κ3) is 3.59. The van der Waals surface area contributed by atoms with E-state index in [-0.39, 0.29) is 0 Å². The van der Waals surface area contributed by atoms with Crippen LogP contribution in [0.25, 0.3) is 86.8 Å². The second kappa shape index (κ2) is 9.10. The smallest absolute Gasteiger partial charge is 0.160 e. The molecule has 3 nitrogen and oxygen atoms in total. The predicted molar refractivity (Wildman–Crippen MR) is 176 cm³/mol. The number of nitrogens with zero attached hydrogens (tertiary/aromatic N) is 2. The number of aromatic nitrogens is 2. The van der Waals surface area contributed by atoms with Crippen LogP contribution in [0.3, 0.4) is 0 Å². The van der Waals surface area contributed by atoms with Crippen molar-refractivity contribution < 1.29 is 4.42 Å². The van der Waals surface area contributed by atoms with Crippen LogP contribution >= 0.6 is 11.3 Å². The number of thiophene rings is 1. The largest absolute Gasteiger partial charge is 0.455 e. The number of para-hydroxylation sites is 2. The van der Waals surface area contributed by atoms with Crippen molar-refractivity contribution in [2.75, 3.05) is 0 Å². The van der Waals surface area contributed by atoms with Gasteiger partial charge in [0.1, 0.15) is 11.2 Å². The van der Waals surface area contributed by atoms with E-state index in [0.29, 0.717) is 5.82 Å². The minimum atomic E-state index is 0.716. The highest BCUT2D eigenvalue weighted by Crippen LogP contribution is 2.42. The highest BCUT2D eigenvalue weighted by atomic mass is 32.1. The summed E-state index contributed by atoms with van der Waals surface area (Å²) in [6.45, 7) is 0. The zero-order chi connectivity index (χ0) is 27.6. The molecule has 196 valence electrons. The third-order valence-electron chi connectivity index (χ3n) is 8.06. The van der Waals surface area contributed by atoms with Crippen LogP contribution in [0.5, 0.6) is 0 Å². The Labute approximate surface area is 245 Å². The lowest BCUT2D eigenvalue weighted by molar-refractivity contribution is 0.670. The average Bonchev–Trinajstić information content (AvgIpc) is 3.61.